The predicted octanol–water partition coefficient (Wildman–Crippen LogP) is 2.55. The number of aryl methyl sites for hydroxylation is 1. The van der Waals surface area contributed by atoms with E-state index in [1.54, 1.807) is 24.1 Å². The van der Waals surface area contributed by atoms with Gasteiger partial charge in [-0.05, 0) is 31.0 Å². The third kappa shape index (κ3) is 4.58. The normalized spacial score (nSPS) is 21.4. The molecule has 0 saturated carbocycles. The number of benzene rings is 1. The van der Waals surface area contributed by atoms with Crippen molar-refractivity contribution in [3.63, 3.8) is 0 Å². The molecule has 0 aliphatic carbocycles. The second kappa shape index (κ2) is 7.41. The summed E-state index contributed by atoms with van der Waals surface area (Å²) in [5.41, 5.74) is 0.846. The van der Waals surface area contributed by atoms with Crippen molar-refractivity contribution >= 4 is 21.6 Å². The van der Waals surface area contributed by atoms with Gasteiger partial charge in [-0.1, -0.05) is 11.6 Å². The molecule has 1 aliphatic rings. The Labute approximate surface area is 151 Å². The molecule has 1 N–H and O–H groups in total. The van der Waals surface area contributed by atoms with Gasteiger partial charge in [-0.3, -0.25) is 4.68 Å². The molecule has 2 heterocycles. The van der Waals surface area contributed by atoms with Crippen LogP contribution in [0, 0.1) is 5.82 Å². The molecule has 1 aliphatic heterocycles. The molecule has 3 rings (SSSR count). The van der Waals surface area contributed by atoms with Crippen LogP contribution in [0.2, 0.25) is 5.02 Å². The van der Waals surface area contributed by atoms with Crippen LogP contribution in [-0.4, -0.2) is 30.8 Å². The van der Waals surface area contributed by atoms with Gasteiger partial charge in [0.2, 0.25) is 10.0 Å². The van der Waals surface area contributed by atoms with Crippen LogP contribution in [0.25, 0.3) is 0 Å². The van der Waals surface area contributed by atoms with E-state index in [-0.39, 0.29) is 5.56 Å². The third-order valence-electron chi connectivity index (χ3n) is 4.06. The van der Waals surface area contributed by atoms with Gasteiger partial charge in [0.25, 0.3) is 0 Å². The molecule has 136 valence electrons. The molecule has 1 aromatic carbocycles. The summed E-state index contributed by atoms with van der Waals surface area (Å²) >= 11 is 5.83. The van der Waals surface area contributed by atoms with Crippen LogP contribution in [0.1, 0.15) is 30.1 Å². The van der Waals surface area contributed by atoms with E-state index >= 15 is 0 Å². The highest BCUT2D eigenvalue weighted by atomic mass is 35.5. The Hall–Kier alpha value is -1.48. The van der Waals surface area contributed by atoms with Crippen molar-refractivity contribution in [1.29, 1.82) is 0 Å². The number of rotatable bonds is 5. The Morgan fingerprint density at radius 3 is 3.00 bits per heavy atom. The van der Waals surface area contributed by atoms with Crippen molar-refractivity contribution in [1.82, 2.24) is 14.5 Å². The lowest BCUT2D eigenvalue weighted by Crippen LogP contribution is -2.43. The van der Waals surface area contributed by atoms with Gasteiger partial charge in [0.05, 0.1) is 18.0 Å². The van der Waals surface area contributed by atoms with Gasteiger partial charge in [-0.2, -0.15) is 5.10 Å². The van der Waals surface area contributed by atoms with Gasteiger partial charge in [0.1, 0.15) is 11.9 Å². The lowest BCUT2D eigenvalue weighted by atomic mass is 9.99. The van der Waals surface area contributed by atoms with Crippen LogP contribution in [0.4, 0.5) is 4.39 Å². The van der Waals surface area contributed by atoms with E-state index in [0.29, 0.717) is 18.1 Å². The minimum Gasteiger partial charge on any atom is -0.372 e. The molecule has 9 heteroatoms. The topological polar surface area (TPSA) is 73.2 Å². The smallest absolute Gasteiger partial charge is 0.216 e. The fourth-order valence-corrected chi connectivity index (χ4v) is 4.56. The van der Waals surface area contributed by atoms with Crippen LogP contribution in [0.3, 0.4) is 0 Å². The third-order valence-corrected chi connectivity index (χ3v) is 5.65. The van der Waals surface area contributed by atoms with Gasteiger partial charge in [-0.15, -0.1) is 0 Å². The van der Waals surface area contributed by atoms with Gasteiger partial charge in [-0.25, -0.2) is 17.5 Å². The Kier molecular flexibility index (Phi) is 5.43. The number of nitrogens with one attached hydrogen (secondary N) is 1. The zero-order valence-corrected chi connectivity index (χ0v) is 15.2. The Morgan fingerprint density at radius 2 is 2.28 bits per heavy atom. The number of hydrogen-bond donors (Lipinski definition) is 1. The number of halogens is 2. The van der Waals surface area contributed by atoms with Crippen molar-refractivity contribution in [3.05, 3.63) is 52.6 Å². The first-order valence-electron chi connectivity index (χ1n) is 7.88. The number of nitrogens with zero attached hydrogens (tertiary/aromatic N) is 2. The monoisotopic (exact) mass is 387 g/mol. The second-order valence-corrected chi connectivity index (χ2v) is 8.29. The average Bonchev–Trinajstić information content (AvgIpc) is 2.97. The molecule has 0 spiro atoms. The Morgan fingerprint density at radius 1 is 1.48 bits per heavy atom. The molecular weight excluding hydrogens is 369 g/mol. The highest BCUT2D eigenvalue weighted by Crippen LogP contribution is 2.29. The Bertz CT molecular complexity index is 856. The van der Waals surface area contributed by atoms with Crippen LogP contribution in [0.15, 0.2) is 30.6 Å². The first-order valence-corrected chi connectivity index (χ1v) is 9.91. The minimum absolute atomic E-state index is 0.0367. The minimum atomic E-state index is -3.76. The van der Waals surface area contributed by atoms with E-state index in [1.165, 1.54) is 12.1 Å². The second-order valence-electron chi connectivity index (χ2n) is 6.10. The summed E-state index contributed by atoms with van der Waals surface area (Å²) < 4.78 is 48.9. The number of ether oxygens (including phenoxy) is 1. The van der Waals surface area contributed by atoms with E-state index in [1.807, 2.05) is 0 Å². The van der Waals surface area contributed by atoms with Crippen LogP contribution in [-0.2, 0) is 27.6 Å². The standard InChI is InChI=1S/C16H19ClFN3O3S/c1-21-9-12(8-19-21)16-15(3-2-6-24-16)20-25(22,23)10-11-7-13(17)4-5-14(11)18/h4-5,7-9,15-16,20H,2-3,6,10H2,1H3/t15-,16+/m0/s1. The number of sulfonamides is 1. The largest absolute Gasteiger partial charge is 0.372 e. The van der Waals surface area contributed by atoms with Crippen molar-refractivity contribution in [2.24, 2.45) is 7.05 Å². The lowest BCUT2D eigenvalue weighted by molar-refractivity contribution is -0.00447. The molecule has 1 aromatic heterocycles. The van der Waals surface area contributed by atoms with Crippen molar-refractivity contribution in [2.45, 2.75) is 30.7 Å². The molecule has 2 aromatic rings. The van der Waals surface area contributed by atoms with Gasteiger partial charge in [0.15, 0.2) is 0 Å². The lowest BCUT2D eigenvalue weighted by Gasteiger charge is -2.31. The summed E-state index contributed by atoms with van der Waals surface area (Å²) in [4.78, 5) is 0. The van der Waals surface area contributed by atoms with Crippen molar-refractivity contribution < 1.29 is 17.5 Å². The summed E-state index contributed by atoms with van der Waals surface area (Å²) in [6.07, 6.45) is 4.43. The van der Waals surface area contributed by atoms with E-state index in [2.05, 4.69) is 9.82 Å². The number of aromatic nitrogens is 2. The first kappa shape index (κ1) is 18.3. The zero-order valence-electron chi connectivity index (χ0n) is 13.7. The summed E-state index contributed by atoms with van der Waals surface area (Å²) in [6.45, 7) is 0.556. The maximum atomic E-state index is 13.8. The van der Waals surface area contributed by atoms with Crippen LogP contribution < -0.4 is 4.72 Å². The molecule has 6 nitrogen and oxygen atoms in total. The summed E-state index contributed by atoms with van der Waals surface area (Å²) in [6, 6.07) is 3.44. The van der Waals surface area contributed by atoms with Gasteiger partial charge >= 0.3 is 0 Å². The molecule has 0 radical (unpaired) electrons. The molecule has 0 unspecified atom stereocenters. The van der Waals surface area contributed by atoms with Gasteiger partial charge < -0.3 is 4.74 Å². The SMILES string of the molecule is Cn1cc([C@H]2OCCC[C@@H]2NS(=O)(=O)Cc2cc(Cl)ccc2F)cn1. The van der Waals surface area contributed by atoms with E-state index in [0.717, 1.165) is 18.1 Å². The predicted molar refractivity (Wildman–Crippen MR) is 92.1 cm³/mol. The maximum absolute atomic E-state index is 13.8. The van der Waals surface area contributed by atoms with E-state index in [4.69, 9.17) is 16.3 Å². The summed E-state index contributed by atoms with van der Waals surface area (Å²) in [5, 5.41) is 4.40. The van der Waals surface area contributed by atoms with Crippen molar-refractivity contribution in [2.75, 3.05) is 6.61 Å². The van der Waals surface area contributed by atoms with Crippen LogP contribution in [0.5, 0.6) is 0 Å². The fourth-order valence-electron chi connectivity index (χ4n) is 2.95. The molecule has 1 saturated heterocycles. The maximum Gasteiger partial charge on any atom is 0.216 e. The summed E-state index contributed by atoms with van der Waals surface area (Å²) in [5.74, 6) is -1.08. The van der Waals surface area contributed by atoms with E-state index < -0.39 is 33.7 Å². The molecule has 1 fully saturated rings. The first-order chi connectivity index (χ1) is 11.8. The van der Waals surface area contributed by atoms with Crippen LogP contribution >= 0.6 is 11.6 Å². The Balaban J connectivity index is 1.77. The quantitative estimate of drug-likeness (QED) is 0.855. The molecule has 25 heavy (non-hydrogen) atoms. The van der Waals surface area contributed by atoms with Gasteiger partial charge in [0, 0.05) is 36.0 Å². The van der Waals surface area contributed by atoms with Crippen molar-refractivity contribution in [3.8, 4) is 0 Å². The molecule has 0 bridgehead atoms. The van der Waals surface area contributed by atoms with E-state index in [9.17, 15) is 12.8 Å². The highest BCUT2D eigenvalue weighted by molar-refractivity contribution is 7.88. The fraction of sp³-hybridized carbons (Fsp3) is 0.438. The molecule has 0 amide bonds. The average molecular weight is 388 g/mol. The number of hydrogen-bond acceptors (Lipinski definition) is 4. The highest BCUT2D eigenvalue weighted by Gasteiger charge is 2.32. The summed E-state index contributed by atoms with van der Waals surface area (Å²) in [7, 11) is -1.98. The molecular formula is C16H19ClFN3O3S. The molecule has 2 atom stereocenters. The zero-order chi connectivity index (χ0) is 18.0.